The SMILES string of the molecule is C[C@H]([C@H](O)/C=C(\O[SiH](C)C)c1ccc(F)cc1OCc1ccccc1)C(C)(C)C. The number of benzene rings is 2. The van der Waals surface area contributed by atoms with Crippen molar-refractivity contribution >= 4 is 14.8 Å². The lowest BCUT2D eigenvalue weighted by Crippen LogP contribution is -2.28. The predicted octanol–water partition coefficient (Wildman–Crippen LogP) is 5.79. The molecule has 2 aromatic carbocycles. The summed E-state index contributed by atoms with van der Waals surface area (Å²) in [6.45, 7) is 12.7. The van der Waals surface area contributed by atoms with Gasteiger partial charge in [-0.05, 0) is 48.2 Å². The van der Waals surface area contributed by atoms with Gasteiger partial charge in [-0.25, -0.2) is 4.39 Å². The molecule has 0 radical (unpaired) electrons. The van der Waals surface area contributed by atoms with Crippen LogP contribution in [0.4, 0.5) is 4.39 Å². The molecule has 0 aliphatic heterocycles. The maximum atomic E-state index is 14.0. The van der Waals surface area contributed by atoms with Crippen LogP contribution in [0, 0.1) is 17.2 Å². The van der Waals surface area contributed by atoms with Crippen molar-refractivity contribution in [1.82, 2.24) is 0 Å². The number of ether oxygens (including phenoxy) is 1. The number of halogens is 1. The number of hydrogen-bond acceptors (Lipinski definition) is 3. The molecule has 0 aromatic heterocycles. The minimum absolute atomic E-state index is 0.0177. The maximum absolute atomic E-state index is 14.0. The van der Waals surface area contributed by atoms with E-state index in [1.165, 1.54) is 12.1 Å². The Morgan fingerprint density at radius 2 is 1.79 bits per heavy atom. The lowest BCUT2D eigenvalue weighted by Gasteiger charge is -2.30. The van der Waals surface area contributed by atoms with Crippen LogP contribution in [0.3, 0.4) is 0 Å². The van der Waals surface area contributed by atoms with Crippen LogP contribution in [-0.2, 0) is 11.0 Å². The van der Waals surface area contributed by atoms with Gasteiger partial charge in [0.15, 0.2) is 0 Å². The second-order valence-electron chi connectivity index (χ2n) is 8.76. The highest BCUT2D eigenvalue weighted by atomic mass is 28.3. The molecule has 0 fully saturated rings. The van der Waals surface area contributed by atoms with E-state index in [9.17, 15) is 9.50 Å². The molecule has 2 rings (SSSR count). The van der Waals surface area contributed by atoms with E-state index in [1.807, 2.05) is 37.3 Å². The Morgan fingerprint density at radius 3 is 2.38 bits per heavy atom. The molecule has 0 saturated heterocycles. The Morgan fingerprint density at radius 1 is 1.14 bits per heavy atom. The van der Waals surface area contributed by atoms with E-state index in [1.54, 1.807) is 12.1 Å². The minimum atomic E-state index is -1.47. The number of rotatable bonds is 8. The zero-order valence-electron chi connectivity index (χ0n) is 18.3. The van der Waals surface area contributed by atoms with Crippen LogP contribution in [0.1, 0.15) is 38.8 Å². The van der Waals surface area contributed by atoms with Crippen molar-refractivity contribution in [3.63, 3.8) is 0 Å². The number of aliphatic hydroxyl groups is 1. The largest absolute Gasteiger partial charge is 0.547 e. The van der Waals surface area contributed by atoms with Crippen LogP contribution in [-0.4, -0.2) is 20.3 Å². The lowest BCUT2D eigenvalue weighted by molar-refractivity contribution is 0.0889. The summed E-state index contributed by atoms with van der Waals surface area (Å²) in [7, 11) is -1.47. The fourth-order valence-corrected chi connectivity index (χ4v) is 3.53. The van der Waals surface area contributed by atoms with Gasteiger partial charge in [0.2, 0.25) is 9.04 Å². The molecule has 2 atom stereocenters. The standard InChI is InChI=1S/C24H33FO3Si/c1-17(24(2,3)4)21(26)15-23(28-29(5)6)20-13-12-19(25)14-22(20)27-16-18-10-8-7-9-11-18/h7-15,17,21,26,29H,16H2,1-6H3/b23-15-/t17-,21-/m1/s1. The van der Waals surface area contributed by atoms with E-state index in [2.05, 4.69) is 33.9 Å². The van der Waals surface area contributed by atoms with Gasteiger partial charge in [0, 0.05) is 6.07 Å². The van der Waals surface area contributed by atoms with E-state index in [4.69, 9.17) is 9.16 Å². The van der Waals surface area contributed by atoms with E-state index in [-0.39, 0.29) is 17.2 Å². The van der Waals surface area contributed by atoms with Crippen LogP contribution in [0.2, 0.25) is 13.1 Å². The molecule has 0 bridgehead atoms. The molecular weight excluding hydrogens is 383 g/mol. The van der Waals surface area contributed by atoms with Gasteiger partial charge < -0.3 is 14.3 Å². The van der Waals surface area contributed by atoms with Gasteiger partial charge in [-0.1, -0.05) is 58.0 Å². The van der Waals surface area contributed by atoms with E-state index < -0.39 is 15.1 Å². The van der Waals surface area contributed by atoms with Gasteiger partial charge in [0.25, 0.3) is 0 Å². The van der Waals surface area contributed by atoms with Crippen molar-refractivity contribution in [2.24, 2.45) is 11.3 Å². The highest BCUT2D eigenvalue weighted by Crippen LogP contribution is 2.33. The fourth-order valence-electron chi connectivity index (χ4n) is 2.81. The average molecular weight is 417 g/mol. The van der Waals surface area contributed by atoms with Crippen molar-refractivity contribution in [3.05, 3.63) is 71.6 Å². The van der Waals surface area contributed by atoms with Gasteiger partial charge in [-0.2, -0.15) is 0 Å². The Balaban J connectivity index is 2.38. The number of aliphatic hydroxyl groups excluding tert-OH is 1. The second-order valence-corrected chi connectivity index (χ2v) is 11.1. The quantitative estimate of drug-likeness (QED) is 0.437. The van der Waals surface area contributed by atoms with E-state index in [0.717, 1.165) is 5.56 Å². The van der Waals surface area contributed by atoms with Crippen LogP contribution in [0.25, 0.3) is 5.76 Å². The Kier molecular flexibility index (Phi) is 8.05. The summed E-state index contributed by atoms with van der Waals surface area (Å²) in [6.07, 6.45) is 1.05. The summed E-state index contributed by atoms with van der Waals surface area (Å²) in [5.74, 6) is 0.606. The molecule has 1 N–H and O–H groups in total. The highest BCUT2D eigenvalue weighted by molar-refractivity contribution is 6.49. The normalized spacial score (nSPS) is 14.6. The summed E-state index contributed by atoms with van der Waals surface area (Å²) >= 11 is 0. The Bertz CT molecular complexity index is 813. The van der Waals surface area contributed by atoms with E-state index >= 15 is 0 Å². The molecule has 0 spiro atoms. The summed E-state index contributed by atoms with van der Waals surface area (Å²) in [6, 6.07) is 14.2. The summed E-state index contributed by atoms with van der Waals surface area (Å²) in [4.78, 5) is 0. The molecule has 0 heterocycles. The second kappa shape index (κ2) is 10.1. The first-order chi connectivity index (χ1) is 13.6. The molecule has 0 amide bonds. The van der Waals surface area contributed by atoms with E-state index in [0.29, 0.717) is 23.7 Å². The predicted molar refractivity (Wildman–Crippen MR) is 120 cm³/mol. The third-order valence-corrected chi connectivity index (χ3v) is 5.73. The lowest BCUT2D eigenvalue weighted by atomic mass is 9.78. The molecule has 0 unspecified atom stereocenters. The molecule has 5 heteroatoms. The maximum Gasteiger partial charge on any atom is 0.229 e. The third kappa shape index (κ3) is 7.01. The van der Waals surface area contributed by atoms with Crippen LogP contribution in [0.15, 0.2) is 54.6 Å². The van der Waals surface area contributed by atoms with Crippen molar-refractivity contribution in [1.29, 1.82) is 0 Å². The van der Waals surface area contributed by atoms with Crippen LogP contribution < -0.4 is 4.74 Å². The smallest absolute Gasteiger partial charge is 0.229 e. The van der Waals surface area contributed by atoms with Gasteiger partial charge in [0.05, 0.1) is 11.7 Å². The molecule has 0 aliphatic rings. The Labute approximate surface area is 175 Å². The zero-order chi connectivity index (χ0) is 21.6. The highest BCUT2D eigenvalue weighted by Gasteiger charge is 2.27. The average Bonchev–Trinajstić information content (AvgIpc) is 2.65. The van der Waals surface area contributed by atoms with Crippen molar-refractivity contribution in [2.45, 2.75) is 53.5 Å². The minimum Gasteiger partial charge on any atom is -0.547 e. The number of hydrogen-bond donors (Lipinski definition) is 1. The van der Waals surface area contributed by atoms with Crippen LogP contribution in [0.5, 0.6) is 5.75 Å². The summed E-state index contributed by atoms with van der Waals surface area (Å²) in [5, 5.41) is 10.8. The first kappa shape index (κ1) is 23.2. The first-order valence-electron chi connectivity index (χ1n) is 10.1. The van der Waals surface area contributed by atoms with Crippen molar-refractivity contribution in [2.75, 3.05) is 0 Å². The first-order valence-corrected chi connectivity index (χ1v) is 12.9. The third-order valence-electron chi connectivity index (χ3n) is 5.01. The summed E-state index contributed by atoms with van der Waals surface area (Å²) in [5.41, 5.74) is 1.59. The van der Waals surface area contributed by atoms with Gasteiger partial charge in [0.1, 0.15) is 23.9 Å². The molecule has 29 heavy (non-hydrogen) atoms. The molecule has 0 aliphatic carbocycles. The van der Waals surface area contributed by atoms with Gasteiger partial charge >= 0.3 is 0 Å². The van der Waals surface area contributed by atoms with Crippen molar-refractivity contribution in [3.8, 4) is 5.75 Å². The monoisotopic (exact) mass is 416 g/mol. The fraction of sp³-hybridized carbons (Fsp3) is 0.417. The molecule has 0 saturated carbocycles. The molecule has 2 aromatic rings. The van der Waals surface area contributed by atoms with Crippen LogP contribution >= 0.6 is 0 Å². The Hall–Kier alpha value is -2.11. The summed E-state index contributed by atoms with van der Waals surface area (Å²) < 4.78 is 26.1. The van der Waals surface area contributed by atoms with Gasteiger partial charge in [-0.3, -0.25) is 0 Å². The zero-order valence-corrected chi connectivity index (χ0v) is 19.4. The molecule has 3 nitrogen and oxygen atoms in total. The van der Waals surface area contributed by atoms with Gasteiger partial charge in [-0.15, -0.1) is 0 Å². The molecule has 158 valence electrons. The van der Waals surface area contributed by atoms with Crippen molar-refractivity contribution < 1.29 is 18.7 Å². The molecular formula is C24H33FO3Si. The topological polar surface area (TPSA) is 38.7 Å².